The van der Waals surface area contributed by atoms with Gasteiger partial charge in [-0.3, -0.25) is 10.1 Å². The van der Waals surface area contributed by atoms with Crippen molar-refractivity contribution in [3.8, 4) is 0 Å². The number of hydrogen-bond acceptors (Lipinski definition) is 5. The Bertz CT molecular complexity index is 397. The van der Waals surface area contributed by atoms with E-state index in [-0.39, 0.29) is 10.6 Å². The van der Waals surface area contributed by atoms with Gasteiger partial charge in [-0.1, -0.05) is 0 Å². The van der Waals surface area contributed by atoms with E-state index in [0.717, 1.165) is 25.9 Å². The standard InChI is InChI=1S/C10H14N2O3S/c1-7(13)9-6-8(12(14)15)10(16-9)11-4-2-3-5-11/h6-7,13H,2-5H2,1H3. The molecule has 1 fully saturated rings. The van der Waals surface area contributed by atoms with Crippen molar-refractivity contribution in [1.29, 1.82) is 0 Å². The van der Waals surface area contributed by atoms with Crippen LogP contribution in [0, 0.1) is 10.1 Å². The van der Waals surface area contributed by atoms with Crippen molar-refractivity contribution in [2.24, 2.45) is 0 Å². The molecule has 2 heterocycles. The molecule has 1 unspecified atom stereocenters. The van der Waals surface area contributed by atoms with Crippen molar-refractivity contribution in [2.45, 2.75) is 25.9 Å². The van der Waals surface area contributed by atoms with E-state index >= 15 is 0 Å². The molecule has 1 N–H and O–H groups in total. The third-order valence-electron chi connectivity index (χ3n) is 2.71. The van der Waals surface area contributed by atoms with Gasteiger partial charge in [-0.15, -0.1) is 11.3 Å². The molecule has 1 aromatic heterocycles. The molecule has 0 spiro atoms. The highest BCUT2D eigenvalue weighted by atomic mass is 32.1. The molecular weight excluding hydrogens is 228 g/mol. The Morgan fingerprint density at radius 2 is 2.19 bits per heavy atom. The summed E-state index contributed by atoms with van der Waals surface area (Å²) in [5.74, 6) is 0. The molecule has 6 heteroatoms. The summed E-state index contributed by atoms with van der Waals surface area (Å²) in [6.45, 7) is 3.38. The van der Waals surface area contributed by atoms with Gasteiger partial charge in [-0.25, -0.2) is 0 Å². The quantitative estimate of drug-likeness (QED) is 0.652. The zero-order valence-electron chi connectivity index (χ0n) is 9.05. The maximum Gasteiger partial charge on any atom is 0.304 e. The van der Waals surface area contributed by atoms with Crippen LogP contribution in [0.3, 0.4) is 0 Å². The summed E-state index contributed by atoms with van der Waals surface area (Å²) in [5.41, 5.74) is 0.128. The minimum Gasteiger partial charge on any atom is -0.388 e. The molecule has 0 saturated carbocycles. The summed E-state index contributed by atoms with van der Waals surface area (Å²) < 4.78 is 0. The van der Waals surface area contributed by atoms with E-state index in [2.05, 4.69) is 0 Å². The Labute approximate surface area is 97.5 Å². The third kappa shape index (κ3) is 2.03. The Balaban J connectivity index is 2.37. The van der Waals surface area contributed by atoms with Crippen molar-refractivity contribution < 1.29 is 10.0 Å². The summed E-state index contributed by atoms with van der Waals surface area (Å²) >= 11 is 1.33. The van der Waals surface area contributed by atoms with Crippen molar-refractivity contribution in [2.75, 3.05) is 18.0 Å². The largest absolute Gasteiger partial charge is 0.388 e. The van der Waals surface area contributed by atoms with Crippen LogP contribution in [0.2, 0.25) is 0 Å². The minimum atomic E-state index is -0.639. The van der Waals surface area contributed by atoms with Crippen LogP contribution < -0.4 is 4.90 Å². The topological polar surface area (TPSA) is 66.6 Å². The number of rotatable bonds is 3. The molecule has 88 valence electrons. The Kier molecular flexibility index (Phi) is 3.11. The lowest BCUT2D eigenvalue weighted by Gasteiger charge is -2.13. The van der Waals surface area contributed by atoms with Crippen LogP contribution in [0.15, 0.2) is 6.07 Å². The van der Waals surface area contributed by atoms with Crippen molar-refractivity contribution in [1.82, 2.24) is 0 Å². The summed E-state index contributed by atoms with van der Waals surface area (Å²) in [4.78, 5) is 13.3. The van der Waals surface area contributed by atoms with Crippen LogP contribution in [0.1, 0.15) is 30.7 Å². The molecule has 1 aliphatic heterocycles. The predicted octanol–water partition coefficient (Wildman–Crippen LogP) is 2.31. The molecule has 1 saturated heterocycles. The zero-order valence-corrected chi connectivity index (χ0v) is 9.87. The first-order chi connectivity index (χ1) is 7.59. The Morgan fingerprint density at radius 3 is 2.69 bits per heavy atom. The molecule has 0 bridgehead atoms. The van der Waals surface area contributed by atoms with Crippen LogP contribution in [-0.4, -0.2) is 23.1 Å². The van der Waals surface area contributed by atoms with E-state index in [1.165, 1.54) is 17.4 Å². The van der Waals surface area contributed by atoms with E-state index in [1.807, 2.05) is 4.90 Å². The van der Waals surface area contributed by atoms with E-state index in [9.17, 15) is 15.2 Å². The highest BCUT2D eigenvalue weighted by Crippen LogP contribution is 2.41. The lowest BCUT2D eigenvalue weighted by molar-refractivity contribution is -0.383. The van der Waals surface area contributed by atoms with Gasteiger partial charge in [0.15, 0.2) is 5.00 Å². The number of anilines is 1. The van der Waals surface area contributed by atoms with Crippen LogP contribution in [0.5, 0.6) is 0 Å². The second kappa shape index (κ2) is 4.39. The van der Waals surface area contributed by atoms with Gasteiger partial charge in [0.05, 0.1) is 11.0 Å². The molecule has 1 atom stereocenters. The molecule has 5 nitrogen and oxygen atoms in total. The molecule has 2 rings (SSSR count). The fourth-order valence-corrected chi connectivity index (χ4v) is 2.99. The first-order valence-corrected chi connectivity index (χ1v) is 6.12. The number of thiophene rings is 1. The summed E-state index contributed by atoms with van der Waals surface area (Å²) in [6.07, 6.45) is 1.53. The molecular formula is C10H14N2O3S. The minimum absolute atomic E-state index is 0.128. The lowest BCUT2D eigenvalue weighted by Crippen LogP contribution is -2.17. The number of aliphatic hydroxyl groups excluding tert-OH is 1. The average molecular weight is 242 g/mol. The first kappa shape index (κ1) is 11.3. The van der Waals surface area contributed by atoms with Crippen LogP contribution in [0.25, 0.3) is 0 Å². The fourth-order valence-electron chi connectivity index (χ4n) is 1.87. The van der Waals surface area contributed by atoms with E-state index < -0.39 is 6.10 Å². The van der Waals surface area contributed by atoms with Gasteiger partial charge in [-0.05, 0) is 19.8 Å². The van der Waals surface area contributed by atoms with E-state index in [4.69, 9.17) is 0 Å². The second-order valence-corrected chi connectivity index (χ2v) is 5.03. The smallest absolute Gasteiger partial charge is 0.304 e. The van der Waals surface area contributed by atoms with Gasteiger partial charge in [0, 0.05) is 24.0 Å². The number of nitrogens with zero attached hydrogens (tertiary/aromatic N) is 2. The summed E-state index contributed by atoms with van der Waals surface area (Å²) in [5, 5.41) is 21.1. The van der Waals surface area contributed by atoms with Crippen LogP contribution >= 0.6 is 11.3 Å². The van der Waals surface area contributed by atoms with Crippen molar-refractivity contribution in [3.63, 3.8) is 0 Å². The number of hydrogen-bond donors (Lipinski definition) is 1. The van der Waals surface area contributed by atoms with E-state index in [0.29, 0.717) is 9.88 Å². The van der Waals surface area contributed by atoms with Gasteiger partial charge in [0.2, 0.25) is 0 Å². The number of aliphatic hydroxyl groups is 1. The van der Waals surface area contributed by atoms with Gasteiger partial charge >= 0.3 is 5.69 Å². The zero-order chi connectivity index (χ0) is 11.7. The number of nitro groups is 1. The normalized spacial score (nSPS) is 17.8. The molecule has 1 aliphatic rings. The molecule has 0 amide bonds. The molecule has 0 radical (unpaired) electrons. The predicted molar refractivity (Wildman–Crippen MR) is 63.1 cm³/mol. The van der Waals surface area contributed by atoms with Gasteiger partial charge in [0.1, 0.15) is 0 Å². The lowest BCUT2D eigenvalue weighted by atomic mass is 10.3. The Hall–Kier alpha value is -1.14. The highest BCUT2D eigenvalue weighted by Gasteiger charge is 2.26. The second-order valence-electron chi connectivity index (χ2n) is 3.97. The Morgan fingerprint density at radius 1 is 1.56 bits per heavy atom. The first-order valence-electron chi connectivity index (χ1n) is 5.30. The van der Waals surface area contributed by atoms with Gasteiger partial charge in [0.25, 0.3) is 0 Å². The van der Waals surface area contributed by atoms with Gasteiger partial charge < -0.3 is 10.0 Å². The van der Waals surface area contributed by atoms with Crippen LogP contribution in [-0.2, 0) is 0 Å². The monoisotopic (exact) mass is 242 g/mol. The molecule has 16 heavy (non-hydrogen) atoms. The fraction of sp³-hybridized carbons (Fsp3) is 0.600. The summed E-state index contributed by atoms with van der Waals surface area (Å²) in [6, 6.07) is 1.49. The highest BCUT2D eigenvalue weighted by molar-refractivity contribution is 7.16. The molecule has 0 aromatic carbocycles. The van der Waals surface area contributed by atoms with Crippen molar-refractivity contribution >= 4 is 22.0 Å². The maximum absolute atomic E-state index is 10.9. The van der Waals surface area contributed by atoms with Crippen molar-refractivity contribution in [3.05, 3.63) is 21.1 Å². The molecule has 1 aromatic rings. The average Bonchev–Trinajstić information content (AvgIpc) is 2.86. The van der Waals surface area contributed by atoms with Crippen LogP contribution in [0.4, 0.5) is 10.7 Å². The third-order valence-corrected chi connectivity index (χ3v) is 4.07. The van der Waals surface area contributed by atoms with Gasteiger partial charge in [-0.2, -0.15) is 0 Å². The SMILES string of the molecule is CC(O)c1cc([N+](=O)[O-])c(N2CCCC2)s1. The maximum atomic E-state index is 10.9. The molecule has 0 aliphatic carbocycles. The summed E-state index contributed by atoms with van der Waals surface area (Å²) in [7, 11) is 0. The van der Waals surface area contributed by atoms with E-state index in [1.54, 1.807) is 6.92 Å².